The van der Waals surface area contributed by atoms with Crippen LogP contribution in [0, 0.1) is 0 Å². The van der Waals surface area contributed by atoms with Crippen LogP contribution in [0.15, 0.2) is 82.1 Å². The van der Waals surface area contributed by atoms with Crippen molar-refractivity contribution in [1.29, 1.82) is 0 Å². The summed E-state index contributed by atoms with van der Waals surface area (Å²) >= 11 is 7.91. The maximum absolute atomic E-state index is 6.18. The second-order valence-corrected chi connectivity index (χ2v) is 9.78. The number of allylic oxidation sites excluding steroid dienone is 1. The van der Waals surface area contributed by atoms with Crippen LogP contribution in [0.5, 0.6) is 5.75 Å². The summed E-state index contributed by atoms with van der Waals surface area (Å²) in [6.07, 6.45) is 11.7. The van der Waals surface area contributed by atoms with Gasteiger partial charge in [0.1, 0.15) is 18.6 Å². The van der Waals surface area contributed by atoms with E-state index in [1.165, 1.54) is 21.2 Å². The number of benzene rings is 2. The lowest BCUT2D eigenvalue weighted by Gasteiger charge is -2.40. The molecule has 1 fully saturated rings. The molecule has 1 unspecified atom stereocenters. The van der Waals surface area contributed by atoms with Crippen molar-refractivity contribution >= 4 is 45.6 Å². The van der Waals surface area contributed by atoms with Gasteiger partial charge in [-0.25, -0.2) is 4.99 Å². The molecule has 1 atom stereocenters. The van der Waals surface area contributed by atoms with E-state index in [2.05, 4.69) is 45.1 Å². The highest BCUT2D eigenvalue weighted by atomic mass is 35.5. The van der Waals surface area contributed by atoms with Gasteiger partial charge in [0.2, 0.25) is 6.34 Å². The largest absolute Gasteiger partial charge is 0.489 e. The van der Waals surface area contributed by atoms with Crippen LogP contribution in [0.25, 0.3) is 10.1 Å². The topological polar surface area (TPSA) is 46.0 Å². The molecular formula is C25H22ClN4OS+. The third-order valence-corrected chi connectivity index (χ3v) is 7.60. The van der Waals surface area contributed by atoms with E-state index >= 15 is 0 Å². The van der Waals surface area contributed by atoms with Gasteiger partial charge in [-0.05, 0) is 60.0 Å². The molecule has 5 nitrogen and oxygen atoms in total. The Bertz CT molecular complexity index is 1300. The second kappa shape index (κ2) is 7.98. The predicted octanol–water partition coefficient (Wildman–Crippen LogP) is 6.14. The number of nitrogens with zero attached hydrogens (tertiary/aromatic N) is 3. The molecule has 160 valence electrons. The number of thiophene rings is 1. The van der Waals surface area contributed by atoms with Gasteiger partial charge in [0.25, 0.3) is 0 Å². The van der Waals surface area contributed by atoms with Crippen molar-refractivity contribution in [3.05, 3.63) is 88.3 Å². The zero-order valence-corrected chi connectivity index (χ0v) is 18.9. The number of rotatable bonds is 6. The minimum Gasteiger partial charge on any atom is -0.489 e. The molecule has 3 heterocycles. The Labute approximate surface area is 195 Å². The first-order chi connectivity index (χ1) is 15.7. The van der Waals surface area contributed by atoms with Gasteiger partial charge in [-0.1, -0.05) is 23.7 Å². The highest BCUT2D eigenvalue weighted by molar-refractivity contribution is 7.17. The van der Waals surface area contributed by atoms with Gasteiger partial charge in [-0.15, -0.1) is 21.4 Å². The van der Waals surface area contributed by atoms with Crippen molar-refractivity contribution in [2.75, 3.05) is 0 Å². The Morgan fingerprint density at radius 2 is 2.09 bits per heavy atom. The van der Waals surface area contributed by atoms with Crippen LogP contribution in [0.4, 0.5) is 0 Å². The molecule has 1 aromatic heterocycles. The van der Waals surface area contributed by atoms with Crippen molar-refractivity contribution in [1.82, 2.24) is 5.43 Å². The maximum atomic E-state index is 6.18. The molecule has 2 aliphatic heterocycles. The van der Waals surface area contributed by atoms with Gasteiger partial charge in [0.15, 0.2) is 5.70 Å². The molecule has 0 saturated heterocycles. The van der Waals surface area contributed by atoms with Crippen molar-refractivity contribution < 1.29 is 9.33 Å². The fraction of sp³-hybridized carbons (Fsp3) is 0.200. The maximum Gasteiger partial charge on any atom is 0.219 e. The highest BCUT2D eigenvalue weighted by Gasteiger charge is 2.41. The van der Waals surface area contributed by atoms with Crippen LogP contribution in [0.2, 0.25) is 5.02 Å². The Kier molecular flexibility index (Phi) is 4.96. The third kappa shape index (κ3) is 3.59. The van der Waals surface area contributed by atoms with Crippen LogP contribution in [-0.4, -0.2) is 23.2 Å². The van der Waals surface area contributed by atoms with Crippen LogP contribution in [-0.2, 0) is 6.61 Å². The standard InChI is InChI=1S/C25H22ClN4OS/c26-20-4-5-25-24(11-20)19(15-32-25)14-31-23-3-1-2-17(10-23)18-8-21(9-18)29-30-7-6-27-12-22(30)13-28-16-30/h1-7,10-13,15-16,18,21,29H,8-9,14H2/q+1. The van der Waals surface area contributed by atoms with E-state index in [-0.39, 0.29) is 0 Å². The molecule has 3 aromatic rings. The summed E-state index contributed by atoms with van der Waals surface area (Å²) in [6.45, 7) is 0.543. The fourth-order valence-electron chi connectivity index (χ4n) is 4.53. The first kappa shape index (κ1) is 19.9. The first-order valence-electron chi connectivity index (χ1n) is 10.7. The molecule has 32 heavy (non-hydrogen) atoms. The number of quaternary nitrogens is 1. The summed E-state index contributed by atoms with van der Waals surface area (Å²) in [7, 11) is 0. The Balaban J connectivity index is 1.09. The number of aliphatic imine (C=N–C) groups is 2. The molecule has 0 radical (unpaired) electrons. The van der Waals surface area contributed by atoms with E-state index < -0.39 is 0 Å². The number of hydrogen-bond acceptors (Lipinski definition) is 5. The van der Waals surface area contributed by atoms with Crippen molar-refractivity contribution in [3.8, 4) is 5.75 Å². The number of halogens is 1. The zero-order chi connectivity index (χ0) is 21.5. The smallest absolute Gasteiger partial charge is 0.219 e. The molecule has 1 saturated carbocycles. The first-order valence-corrected chi connectivity index (χ1v) is 11.9. The normalized spacial score (nSPS) is 25.6. The zero-order valence-electron chi connectivity index (χ0n) is 17.3. The van der Waals surface area contributed by atoms with E-state index in [9.17, 15) is 0 Å². The number of nitrogens with one attached hydrogen (secondary N) is 1. The van der Waals surface area contributed by atoms with Crippen molar-refractivity contribution in [2.24, 2.45) is 9.98 Å². The van der Waals surface area contributed by atoms with E-state index in [1.54, 1.807) is 11.3 Å². The van der Waals surface area contributed by atoms with E-state index in [0.29, 0.717) is 23.2 Å². The lowest BCUT2D eigenvalue weighted by atomic mass is 9.76. The van der Waals surface area contributed by atoms with Crippen LogP contribution >= 0.6 is 22.9 Å². The fourth-order valence-corrected chi connectivity index (χ4v) is 5.63. The molecular weight excluding hydrogens is 440 g/mol. The monoisotopic (exact) mass is 461 g/mol. The minimum atomic E-state index is 0.426. The van der Waals surface area contributed by atoms with E-state index in [4.69, 9.17) is 16.3 Å². The molecule has 3 aliphatic rings. The summed E-state index contributed by atoms with van der Waals surface area (Å²) in [6, 6.07) is 15.0. The summed E-state index contributed by atoms with van der Waals surface area (Å²) in [5.41, 5.74) is 7.27. The Morgan fingerprint density at radius 3 is 3.03 bits per heavy atom. The van der Waals surface area contributed by atoms with E-state index in [0.717, 1.165) is 29.3 Å². The predicted molar refractivity (Wildman–Crippen MR) is 131 cm³/mol. The van der Waals surface area contributed by atoms with Crippen LogP contribution in [0.3, 0.4) is 0 Å². The SMILES string of the molecule is Clc1ccc2scc(COc3cccc(C4CC(N[N+]56C=CN=CC5=CN=C6)C4)c3)c2c1. The Morgan fingerprint density at radius 1 is 1.16 bits per heavy atom. The van der Waals surface area contributed by atoms with Gasteiger partial charge >= 0.3 is 0 Å². The minimum absolute atomic E-state index is 0.426. The van der Waals surface area contributed by atoms with E-state index in [1.807, 2.05) is 49.4 Å². The third-order valence-electron chi connectivity index (χ3n) is 6.35. The molecule has 1 aliphatic carbocycles. The summed E-state index contributed by atoms with van der Waals surface area (Å²) in [5, 5.41) is 4.09. The molecule has 1 N–H and O–H groups in total. The number of fused-ring (bicyclic) bond motifs is 2. The van der Waals surface area contributed by atoms with Crippen molar-refractivity contribution in [3.63, 3.8) is 0 Å². The summed E-state index contributed by atoms with van der Waals surface area (Å²) in [4.78, 5) is 8.54. The van der Waals surface area contributed by atoms with Gasteiger partial charge in [0, 0.05) is 20.7 Å². The summed E-state index contributed by atoms with van der Waals surface area (Å²) < 4.78 is 7.85. The number of ether oxygens (including phenoxy) is 1. The molecule has 6 rings (SSSR count). The van der Waals surface area contributed by atoms with Gasteiger partial charge in [-0.3, -0.25) is 4.99 Å². The second-order valence-electron chi connectivity index (χ2n) is 8.43. The van der Waals surface area contributed by atoms with Gasteiger partial charge in [-0.2, -0.15) is 0 Å². The van der Waals surface area contributed by atoms with Gasteiger partial charge in [0.05, 0.1) is 24.7 Å². The highest BCUT2D eigenvalue weighted by Crippen LogP contribution is 2.39. The molecule has 2 aromatic carbocycles. The lowest BCUT2D eigenvalue weighted by molar-refractivity contribution is -0.788. The lowest BCUT2D eigenvalue weighted by Crippen LogP contribution is -2.58. The Hall–Kier alpha value is -2.77. The summed E-state index contributed by atoms with van der Waals surface area (Å²) in [5.74, 6) is 1.44. The molecule has 0 amide bonds. The average molecular weight is 462 g/mol. The van der Waals surface area contributed by atoms with Crippen molar-refractivity contribution in [2.45, 2.75) is 31.4 Å². The van der Waals surface area contributed by atoms with Gasteiger partial charge < -0.3 is 4.74 Å². The van der Waals surface area contributed by atoms with Crippen LogP contribution < -0.4 is 10.2 Å². The van der Waals surface area contributed by atoms with Crippen LogP contribution in [0.1, 0.15) is 29.9 Å². The molecule has 0 bridgehead atoms. The molecule has 0 spiro atoms. The quantitative estimate of drug-likeness (QED) is 0.448. The molecule has 7 heteroatoms. The number of hydrogen-bond donors (Lipinski definition) is 1. The average Bonchev–Trinajstić information content (AvgIpc) is 3.38.